The monoisotopic (exact) mass is 649 g/mol. The van der Waals surface area contributed by atoms with Crippen LogP contribution in [-0.2, 0) is 16.0 Å². The fourth-order valence-corrected chi connectivity index (χ4v) is 4.77. The number of ketones is 1. The second-order valence-electron chi connectivity index (χ2n) is 12.0. The van der Waals surface area contributed by atoms with Crippen molar-refractivity contribution in [2.75, 3.05) is 5.32 Å². The number of amides is 1. The van der Waals surface area contributed by atoms with E-state index in [4.69, 9.17) is 9.72 Å². The SMILES string of the molecule is CC(NC(=O)OC(C)(C)C)C(=O)Cc1ccccn1.CC(Nc1ncnc2nc[nH]c12)c1nc2ccc(F)cc2cc1-c1ccccn1. The average Bonchev–Trinajstić information content (AvgIpc) is 3.54. The summed E-state index contributed by atoms with van der Waals surface area (Å²) in [6.45, 7) is 8.94. The van der Waals surface area contributed by atoms with Crippen LogP contribution in [0.2, 0.25) is 0 Å². The van der Waals surface area contributed by atoms with E-state index < -0.39 is 17.7 Å². The number of carbonyl (C=O) groups is 2. The van der Waals surface area contributed by atoms with E-state index in [0.717, 1.165) is 27.9 Å². The molecule has 12 nitrogen and oxygen atoms in total. The first-order valence-electron chi connectivity index (χ1n) is 15.3. The maximum Gasteiger partial charge on any atom is 0.408 e. The lowest BCUT2D eigenvalue weighted by Gasteiger charge is -2.21. The number of hydrogen-bond donors (Lipinski definition) is 3. The van der Waals surface area contributed by atoms with Gasteiger partial charge in [-0.25, -0.2) is 29.1 Å². The Morgan fingerprint density at radius 1 is 0.938 bits per heavy atom. The summed E-state index contributed by atoms with van der Waals surface area (Å²) >= 11 is 0. The molecule has 13 heteroatoms. The number of pyridine rings is 3. The summed E-state index contributed by atoms with van der Waals surface area (Å²) in [5.74, 6) is 0.227. The van der Waals surface area contributed by atoms with Crippen LogP contribution in [0.4, 0.5) is 15.0 Å². The largest absolute Gasteiger partial charge is 0.444 e. The number of H-pyrrole nitrogens is 1. The van der Waals surface area contributed by atoms with Gasteiger partial charge in [-0.1, -0.05) is 12.1 Å². The molecule has 3 N–H and O–H groups in total. The predicted molar refractivity (Wildman–Crippen MR) is 180 cm³/mol. The molecule has 0 saturated carbocycles. The molecule has 6 rings (SSSR count). The number of aromatic nitrogens is 7. The fourth-order valence-electron chi connectivity index (χ4n) is 4.77. The summed E-state index contributed by atoms with van der Waals surface area (Å²) in [7, 11) is 0. The van der Waals surface area contributed by atoms with E-state index in [1.165, 1.54) is 18.5 Å². The summed E-state index contributed by atoms with van der Waals surface area (Å²) in [5.41, 5.74) is 4.52. The van der Waals surface area contributed by atoms with Crippen LogP contribution in [0.1, 0.15) is 52.0 Å². The van der Waals surface area contributed by atoms with Crippen molar-refractivity contribution >= 4 is 39.8 Å². The molecule has 0 aliphatic heterocycles. The van der Waals surface area contributed by atoms with E-state index in [-0.39, 0.29) is 24.1 Å². The van der Waals surface area contributed by atoms with Crippen molar-refractivity contribution in [2.24, 2.45) is 0 Å². The molecule has 0 aliphatic rings. The number of hydrogen-bond acceptors (Lipinski definition) is 10. The number of imidazole rings is 1. The van der Waals surface area contributed by atoms with Crippen molar-refractivity contribution < 1.29 is 18.7 Å². The molecule has 246 valence electrons. The second-order valence-corrected chi connectivity index (χ2v) is 12.0. The molecule has 5 aromatic heterocycles. The number of ether oxygens (including phenoxy) is 1. The van der Waals surface area contributed by atoms with Crippen LogP contribution in [0, 0.1) is 5.82 Å². The quantitative estimate of drug-likeness (QED) is 0.169. The minimum atomic E-state index is -0.600. The van der Waals surface area contributed by atoms with Gasteiger partial charge in [-0.15, -0.1) is 0 Å². The van der Waals surface area contributed by atoms with Crippen molar-refractivity contribution in [2.45, 2.75) is 58.7 Å². The van der Waals surface area contributed by atoms with Gasteiger partial charge in [-0.2, -0.15) is 0 Å². The van der Waals surface area contributed by atoms with Crippen LogP contribution in [0.25, 0.3) is 33.3 Å². The van der Waals surface area contributed by atoms with Crippen LogP contribution in [0.3, 0.4) is 0 Å². The number of alkyl carbamates (subject to hydrolysis) is 1. The van der Waals surface area contributed by atoms with Gasteiger partial charge < -0.3 is 20.4 Å². The van der Waals surface area contributed by atoms with Crippen molar-refractivity contribution in [3.63, 3.8) is 0 Å². The fraction of sp³-hybridized carbons (Fsp3) is 0.257. The lowest BCUT2D eigenvalue weighted by atomic mass is 10.0. The van der Waals surface area contributed by atoms with Gasteiger partial charge in [0.15, 0.2) is 17.2 Å². The Bertz CT molecular complexity index is 2020. The molecule has 0 bridgehead atoms. The van der Waals surface area contributed by atoms with Crippen LogP contribution in [-0.4, -0.2) is 58.4 Å². The van der Waals surface area contributed by atoms with E-state index in [9.17, 15) is 14.0 Å². The summed E-state index contributed by atoms with van der Waals surface area (Å²) < 4.78 is 18.8. The number of halogens is 1. The first-order valence-corrected chi connectivity index (χ1v) is 15.3. The highest BCUT2D eigenvalue weighted by Crippen LogP contribution is 2.31. The topological polar surface area (TPSA) is 161 Å². The van der Waals surface area contributed by atoms with Gasteiger partial charge in [0.25, 0.3) is 0 Å². The molecule has 1 amide bonds. The van der Waals surface area contributed by atoms with Crippen LogP contribution < -0.4 is 10.6 Å². The number of anilines is 1. The number of carbonyl (C=O) groups excluding carboxylic acids is 2. The Kier molecular flexibility index (Phi) is 10.3. The van der Waals surface area contributed by atoms with Gasteiger partial charge in [0, 0.05) is 29.0 Å². The number of nitrogens with zero attached hydrogens (tertiary/aromatic N) is 6. The molecule has 0 spiro atoms. The minimum absolute atomic E-state index is 0.107. The van der Waals surface area contributed by atoms with Gasteiger partial charge in [-0.05, 0) is 83.1 Å². The third-order valence-corrected chi connectivity index (χ3v) is 7.03. The van der Waals surface area contributed by atoms with Crippen molar-refractivity contribution in [3.05, 3.63) is 103 Å². The summed E-state index contributed by atoms with van der Waals surface area (Å²) in [6, 6.07) is 16.8. The highest BCUT2D eigenvalue weighted by atomic mass is 19.1. The molecule has 6 aromatic rings. The summed E-state index contributed by atoms with van der Waals surface area (Å²) in [4.78, 5) is 52.5. The third kappa shape index (κ3) is 8.69. The normalized spacial score (nSPS) is 12.5. The van der Waals surface area contributed by atoms with Crippen LogP contribution in [0.5, 0.6) is 0 Å². The van der Waals surface area contributed by atoms with Gasteiger partial charge in [0.2, 0.25) is 0 Å². The zero-order chi connectivity index (χ0) is 34.3. The highest BCUT2D eigenvalue weighted by molar-refractivity contribution is 5.88. The molecule has 0 radical (unpaired) electrons. The number of aromatic amines is 1. The maximum atomic E-state index is 13.8. The first kappa shape index (κ1) is 33.5. The van der Waals surface area contributed by atoms with E-state index in [2.05, 4.69) is 40.5 Å². The van der Waals surface area contributed by atoms with Gasteiger partial charge in [0.05, 0.1) is 41.7 Å². The van der Waals surface area contributed by atoms with Crippen molar-refractivity contribution in [1.29, 1.82) is 0 Å². The molecule has 2 atom stereocenters. The molecular formula is C35H36FN9O3. The number of Topliss-reactive ketones (excluding diaryl/α,β-unsaturated/α-hetero) is 1. The Labute approximate surface area is 276 Å². The Balaban J connectivity index is 0.000000207. The number of rotatable bonds is 8. The third-order valence-electron chi connectivity index (χ3n) is 7.03. The smallest absolute Gasteiger partial charge is 0.408 e. The van der Waals surface area contributed by atoms with E-state index in [1.54, 1.807) is 64.6 Å². The molecule has 5 heterocycles. The van der Waals surface area contributed by atoms with Crippen molar-refractivity contribution in [1.82, 2.24) is 40.2 Å². The Hall–Kier alpha value is -5.85. The molecular weight excluding hydrogens is 613 g/mol. The van der Waals surface area contributed by atoms with E-state index >= 15 is 0 Å². The summed E-state index contributed by atoms with van der Waals surface area (Å²) in [6.07, 6.45) is 6.01. The summed E-state index contributed by atoms with van der Waals surface area (Å²) in [5, 5.41) is 6.63. The molecule has 1 aromatic carbocycles. The first-order chi connectivity index (χ1) is 23.0. The van der Waals surface area contributed by atoms with Crippen LogP contribution in [0.15, 0.2) is 85.7 Å². The number of fused-ring (bicyclic) bond motifs is 2. The predicted octanol–water partition coefficient (Wildman–Crippen LogP) is 6.38. The Morgan fingerprint density at radius 3 is 2.42 bits per heavy atom. The molecule has 2 unspecified atom stereocenters. The van der Waals surface area contributed by atoms with E-state index in [1.807, 2.05) is 37.3 Å². The molecule has 0 fully saturated rings. The van der Waals surface area contributed by atoms with Gasteiger partial charge in [-0.3, -0.25) is 14.8 Å². The zero-order valence-electron chi connectivity index (χ0n) is 27.2. The zero-order valence-corrected chi connectivity index (χ0v) is 27.2. The minimum Gasteiger partial charge on any atom is -0.444 e. The second kappa shape index (κ2) is 14.7. The molecule has 0 aliphatic carbocycles. The van der Waals surface area contributed by atoms with Gasteiger partial charge >= 0.3 is 6.09 Å². The number of benzene rings is 1. The maximum absolute atomic E-state index is 13.8. The molecule has 48 heavy (non-hydrogen) atoms. The lowest BCUT2D eigenvalue weighted by molar-refractivity contribution is -0.120. The van der Waals surface area contributed by atoms with Gasteiger partial charge in [0.1, 0.15) is 23.3 Å². The Morgan fingerprint density at radius 2 is 1.71 bits per heavy atom. The van der Waals surface area contributed by atoms with Crippen LogP contribution >= 0.6 is 0 Å². The van der Waals surface area contributed by atoms with E-state index in [0.29, 0.717) is 22.7 Å². The number of nitrogens with one attached hydrogen (secondary N) is 3. The van der Waals surface area contributed by atoms with Crippen molar-refractivity contribution in [3.8, 4) is 11.3 Å². The standard InChI is InChI=1S/C21H16FN7.C14H20N2O3/c1-12(28-21-19-20(25-10-24-19)26-11-27-21)18-15(17-4-2-3-7-23-17)9-13-8-14(22)5-6-16(13)29-18;1-10(16-13(18)19-14(2,3)4)12(17)9-11-7-5-6-8-15-11/h2-12H,1H3,(H2,24,25,26,27,28);5-8,10H,9H2,1-4H3,(H,16,18). The lowest BCUT2D eigenvalue weighted by Crippen LogP contribution is -2.42. The highest BCUT2D eigenvalue weighted by Gasteiger charge is 2.21. The molecule has 0 saturated heterocycles. The average molecular weight is 650 g/mol.